The summed E-state index contributed by atoms with van der Waals surface area (Å²) in [5.41, 5.74) is 3.33. The third-order valence-corrected chi connectivity index (χ3v) is 5.57. The number of nitrogens with one attached hydrogen (secondary N) is 1. The van der Waals surface area contributed by atoms with Gasteiger partial charge in [-0.25, -0.2) is 4.98 Å². The number of aromatic nitrogens is 1. The molecule has 1 saturated heterocycles. The summed E-state index contributed by atoms with van der Waals surface area (Å²) in [7, 11) is 0. The number of rotatable bonds is 8. The van der Waals surface area contributed by atoms with Gasteiger partial charge in [0.1, 0.15) is 11.6 Å². The maximum Gasteiger partial charge on any atom is 0.258 e. The maximum atomic E-state index is 12.5. The van der Waals surface area contributed by atoms with E-state index in [9.17, 15) is 4.79 Å². The van der Waals surface area contributed by atoms with Gasteiger partial charge in [0.15, 0.2) is 6.61 Å². The normalized spacial score (nSPS) is 13.6. The van der Waals surface area contributed by atoms with E-state index in [-0.39, 0.29) is 12.5 Å². The number of benzene rings is 2. The fourth-order valence-electron chi connectivity index (χ4n) is 3.95. The van der Waals surface area contributed by atoms with Gasteiger partial charge in [-0.2, -0.15) is 0 Å². The van der Waals surface area contributed by atoms with Gasteiger partial charge in [0.25, 0.3) is 5.91 Å². The lowest BCUT2D eigenvalue weighted by atomic mass is 10.0. The van der Waals surface area contributed by atoms with Crippen LogP contribution in [0.5, 0.6) is 5.75 Å². The quantitative estimate of drug-likeness (QED) is 0.594. The summed E-state index contributed by atoms with van der Waals surface area (Å²) in [4.78, 5) is 19.4. The van der Waals surface area contributed by atoms with Crippen molar-refractivity contribution in [2.24, 2.45) is 0 Å². The smallest absolute Gasteiger partial charge is 0.258 e. The molecule has 0 radical (unpaired) electrons. The highest BCUT2D eigenvalue weighted by atomic mass is 16.5. The second-order valence-corrected chi connectivity index (χ2v) is 7.87. The van der Waals surface area contributed by atoms with E-state index in [0.717, 1.165) is 42.2 Å². The summed E-state index contributed by atoms with van der Waals surface area (Å²) in [6.45, 7) is 2.50. The molecule has 0 saturated carbocycles. The predicted octanol–water partition coefficient (Wildman–Crippen LogP) is 4.36. The molecule has 1 N–H and O–H groups in total. The lowest BCUT2D eigenvalue weighted by Crippen LogP contribution is -2.33. The van der Waals surface area contributed by atoms with Crippen LogP contribution in [0.15, 0.2) is 72.9 Å². The number of hydrogen-bond acceptors (Lipinski definition) is 4. The second-order valence-electron chi connectivity index (χ2n) is 7.87. The topological polar surface area (TPSA) is 54.5 Å². The van der Waals surface area contributed by atoms with Crippen LogP contribution in [-0.2, 0) is 17.8 Å². The Kier molecular flexibility index (Phi) is 7.16. The summed E-state index contributed by atoms with van der Waals surface area (Å²) >= 11 is 0. The molecule has 1 amide bonds. The first-order valence-electron chi connectivity index (χ1n) is 11.0. The van der Waals surface area contributed by atoms with Gasteiger partial charge in [0.2, 0.25) is 0 Å². The highest BCUT2D eigenvalue weighted by Gasteiger charge is 2.16. The molecule has 1 fully saturated rings. The minimum absolute atomic E-state index is 0.00882. The van der Waals surface area contributed by atoms with Crippen LogP contribution in [0.2, 0.25) is 0 Å². The first kappa shape index (κ1) is 20.9. The van der Waals surface area contributed by atoms with Gasteiger partial charge in [0.05, 0.1) is 0 Å². The van der Waals surface area contributed by atoms with E-state index >= 15 is 0 Å². The molecule has 1 aromatic heterocycles. The first-order valence-corrected chi connectivity index (χ1v) is 11.0. The number of ether oxygens (including phenoxy) is 1. The number of carbonyl (C=O) groups excluding carboxylic acids is 1. The van der Waals surface area contributed by atoms with Gasteiger partial charge < -0.3 is 15.0 Å². The Bertz CT molecular complexity index is 985. The minimum atomic E-state index is -0.136. The number of hydrogen-bond donors (Lipinski definition) is 1. The number of carbonyl (C=O) groups is 1. The van der Waals surface area contributed by atoms with Gasteiger partial charge >= 0.3 is 0 Å². The molecule has 2 aromatic carbocycles. The van der Waals surface area contributed by atoms with Crippen LogP contribution in [0, 0.1) is 0 Å². The average Bonchev–Trinajstić information content (AvgIpc) is 2.83. The second kappa shape index (κ2) is 10.6. The molecule has 1 aliphatic heterocycles. The van der Waals surface area contributed by atoms with Gasteiger partial charge in [-0.1, -0.05) is 54.6 Å². The van der Waals surface area contributed by atoms with Gasteiger partial charge in [0, 0.05) is 37.8 Å². The molecule has 1 aliphatic rings. The van der Waals surface area contributed by atoms with E-state index in [2.05, 4.69) is 27.3 Å². The maximum absolute atomic E-state index is 12.5. The molecule has 0 aliphatic carbocycles. The van der Waals surface area contributed by atoms with Gasteiger partial charge in [-0.15, -0.1) is 0 Å². The lowest BCUT2D eigenvalue weighted by Gasteiger charge is -2.29. The summed E-state index contributed by atoms with van der Waals surface area (Å²) in [6, 6.07) is 22.1. The predicted molar refractivity (Wildman–Crippen MR) is 123 cm³/mol. The molecular weight excluding hydrogens is 386 g/mol. The standard InChI is InChI=1S/C26H29N3O2/c30-25(28-19-23-13-9-15-27-26(23)29-16-7-2-8-17-29)20-31-24-14-6-5-12-22(24)18-21-10-3-1-4-11-21/h1,3-6,9-15H,2,7-8,16-20H2,(H,28,30). The molecule has 5 nitrogen and oxygen atoms in total. The number of nitrogens with zero attached hydrogens (tertiary/aromatic N) is 2. The largest absolute Gasteiger partial charge is 0.483 e. The number of anilines is 1. The Balaban J connectivity index is 1.33. The zero-order valence-corrected chi connectivity index (χ0v) is 17.8. The fourth-order valence-corrected chi connectivity index (χ4v) is 3.95. The number of amides is 1. The molecule has 0 atom stereocenters. The number of pyridine rings is 1. The first-order chi connectivity index (χ1) is 15.3. The average molecular weight is 416 g/mol. The van der Waals surface area contributed by atoms with E-state index in [1.165, 1.54) is 24.8 Å². The van der Waals surface area contributed by atoms with Crippen molar-refractivity contribution in [2.45, 2.75) is 32.2 Å². The Labute approximate surface area is 184 Å². The van der Waals surface area contributed by atoms with E-state index in [4.69, 9.17) is 4.74 Å². The molecule has 3 aromatic rings. The van der Waals surface area contributed by atoms with Crippen LogP contribution in [0.1, 0.15) is 36.0 Å². The third kappa shape index (κ3) is 5.85. The van der Waals surface area contributed by atoms with Crippen molar-refractivity contribution in [2.75, 3.05) is 24.6 Å². The van der Waals surface area contributed by atoms with Crippen LogP contribution in [0.25, 0.3) is 0 Å². The highest BCUT2D eigenvalue weighted by Crippen LogP contribution is 2.22. The van der Waals surface area contributed by atoms with Crippen molar-refractivity contribution in [3.63, 3.8) is 0 Å². The van der Waals surface area contributed by atoms with E-state index in [0.29, 0.717) is 6.54 Å². The Hall–Kier alpha value is -3.34. The Morgan fingerprint density at radius 1 is 0.903 bits per heavy atom. The highest BCUT2D eigenvalue weighted by molar-refractivity contribution is 5.77. The SMILES string of the molecule is O=C(COc1ccccc1Cc1ccccc1)NCc1cccnc1N1CCCCC1. The lowest BCUT2D eigenvalue weighted by molar-refractivity contribution is -0.123. The van der Waals surface area contributed by atoms with Gasteiger partial charge in [-0.05, 0) is 42.5 Å². The molecule has 160 valence electrons. The van der Waals surface area contributed by atoms with Crippen molar-refractivity contribution in [1.29, 1.82) is 0 Å². The van der Waals surface area contributed by atoms with Crippen LogP contribution in [0.4, 0.5) is 5.82 Å². The summed E-state index contributed by atoms with van der Waals surface area (Å²) in [5, 5.41) is 2.99. The summed E-state index contributed by atoms with van der Waals surface area (Å²) in [6.07, 6.45) is 6.26. The summed E-state index contributed by atoms with van der Waals surface area (Å²) in [5.74, 6) is 1.59. The van der Waals surface area contributed by atoms with Crippen LogP contribution in [0.3, 0.4) is 0 Å². The molecule has 0 spiro atoms. The van der Waals surface area contributed by atoms with Crippen LogP contribution >= 0.6 is 0 Å². The van der Waals surface area contributed by atoms with E-state index in [1.807, 2.05) is 60.8 Å². The van der Waals surface area contributed by atoms with Crippen molar-refractivity contribution >= 4 is 11.7 Å². The zero-order chi connectivity index (χ0) is 21.3. The molecule has 0 unspecified atom stereocenters. The molecular formula is C26H29N3O2. The van der Waals surface area contributed by atoms with Crippen LogP contribution in [-0.4, -0.2) is 30.6 Å². The molecule has 31 heavy (non-hydrogen) atoms. The number of para-hydroxylation sites is 1. The van der Waals surface area contributed by atoms with Crippen molar-refractivity contribution in [3.05, 3.63) is 89.6 Å². The molecule has 4 rings (SSSR count). The fraction of sp³-hybridized carbons (Fsp3) is 0.308. The van der Waals surface area contributed by atoms with Crippen molar-refractivity contribution < 1.29 is 9.53 Å². The van der Waals surface area contributed by atoms with Crippen molar-refractivity contribution in [1.82, 2.24) is 10.3 Å². The minimum Gasteiger partial charge on any atom is -0.483 e. The van der Waals surface area contributed by atoms with Crippen molar-refractivity contribution in [3.8, 4) is 5.75 Å². The Morgan fingerprint density at radius 3 is 2.48 bits per heavy atom. The number of piperidine rings is 1. The monoisotopic (exact) mass is 415 g/mol. The zero-order valence-electron chi connectivity index (χ0n) is 17.8. The van der Waals surface area contributed by atoms with Crippen LogP contribution < -0.4 is 15.0 Å². The Morgan fingerprint density at radius 2 is 1.65 bits per heavy atom. The van der Waals surface area contributed by atoms with Gasteiger partial charge in [-0.3, -0.25) is 4.79 Å². The van der Waals surface area contributed by atoms with E-state index < -0.39 is 0 Å². The molecule has 0 bridgehead atoms. The van der Waals surface area contributed by atoms with E-state index in [1.54, 1.807) is 0 Å². The molecule has 2 heterocycles. The summed E-state index contributed by atoms with van der Waals surface area (Å²) < 4.78 is 5.87. The molecule has 5 heteroatoms. The third-order valence-electron chi connectivity index (χ3n) is 5.57.